The Labute approximate surface area is 157 Å². The predicted octanol–water partition coefficient (Wildman–Crippen LogP) is 3.63. The molecule has 6 nitrogen and oxygen atoms in total. The molecule has 136 valence electrons. The third-order valence-corrected chi connectivity index (χ3v) is 4.83. The maximum absolute atomic E-state index is 12.7. The van der Waals surface area contributed by atoms with Crippen LogP contribution in [-0.4, -0.2) is 28.3 Å². The van der Waals surface area contributed by atoms with Crippen molar-refractivity contribution >= 4 is 34.2 Å². The van der Waals surface area contributed by atoms with Crippen molar-refractivity contribution < 1.29 is 9.59 Å². The second-order valence-corrected chi connectivity index (χ2v) is 6.75. The number of nitrogens with one attached hydrogen (secondary N) is 1. The van der Waals surface area contributed by atoms with Gasteiger partial charge in [0.1, 0.15) is 0 Å². The Balaban J connectivity index is 1.58. The van der Waals surface area contributed by atoms with E-state index in [9.17, 15) is 9.59 Å². The number of fused-ring (bicyclic) bond motifs is 1. The first kappa shape index (κ1) is 17.1. The maximum atomic E-state index is 12.7. The van der Waals surface area contributed by atoms with Crippen molar-refractivity contribution in [1.29, 1.82) is 0 Å². The van der Waals surface area contributed by atoms with Gasteiger partial charge in [0, 0.05) is 29.9 Å². The minimum Gasteiger partial charge on any atom is -0.322 e. The lowest BCUT2D eigenvalue weighted by molar-refractivity contribution is -0.117. The van der Waals surface area contributed by atoms with Gasteiger partial charge in [-0.3, -0.25) is 9.59 Å². The summed E-state index contributed by atoms with van der Waals surface area (Å²) in [4.78, 5) is 35.4. The van der Waals surface area contributed by atoms with Gasteiger partial charge in [-0.2, -0.15) is 0 Å². The van der Waals surface area contributed by atoms with Crippen LogP contribution in [0.3, 0.4) is 0 Å². The summed E-state index contributed by atoms with van der Waals surface area (Å²) in [5.41, 5.74) is 5.18. The molecule has 1 saturated heterocycles. The molecule has 1 aromatic heterocycles. The average molecular weight is 360 g/mol. The standard InChI is InChI=1S/C21H20N4O2/c1-13-14(2)23-19-11-15(8-9-18(19)22-13)21(27)24-16-5-3-6-17(12-16)25-10-4-7-20(25)26/h3,5-6,8-9,11-12H,4,7,10H2,1-2H3,(H,24,27). The molecular weight excluding hydrogens is 340 g/mol. The van der Waals surface area contributed by atoms with Crippen LogP contribution in [-0.2, 0) is 4.79 Å². The lowest BCUT2D eigenvalue weighted by Gasteiger charge is -2.16. The van der Waals surface area contributed by atoms with Gasteiger partial charge in [0.05, 0.1) is 22.4 Å². The van der Waals surface area contributed by atoms with E-state index >= 15 is 0 Å². The highest BCUT2D eigenvalue weighted by Gasteiger charge is 2.21. The summed E-state index contributed by atoms with van der Waals surface area (Å²) in [6.07, 6.45) is 1.44. The van der Waals surface area contributed by atoms with Crippen LogP contribution in [0.15, 0.2) is 42.5 Å². The molecule has 27 heavy (non-hydrogen) atoms. The van der Waals surface area contributed by atoms with Gasteiger partial charge in [0.25, 0.3) is 5.91 Å². The summed E-state index contributed by atoms with van der Waals surface area (Å²) < 4.78 is 0. The molecule has 2 amide bonds. The molecule has 0 saturated carbocycles. The van der Waals surface area contributed by atoms with Crippen LogP contribution < -0.4 is 10.2 Å². The normalized spacial score (nSPS) is 14.0. The Morgan fingerprint density at radius 1 is 1.04 bits per heavy atom. The van der Waals surface area contributed by atoms with Gasteiger partial charge in [0.2, 0.25) is 5.91 Å². The third kappa shape index (κ3) is 3.38. The van der Waals surface area contributed by atoms with Crippen molar-refractivity contribution in [3.63, 3.8) is 0 Å². The molecule has 6 heteroatoms. The van der Waals surface area contributed by atoms with Gasteiger partial charge in [0.15, 0.2) is 0 Å². The van der Waals surface area contributed by atoms with Crippen molar-refractivity contribution in [2.75, 3.05) is 16.8 Å². The van der Waals surface area contributed by atoms with Gasteiger partial charge in [-0.1, -0.05) is 6.07 Å². The molecule has 0 aliphatic carbocycles. The van der Waals surface area contributed by atoms with E-state index in [1.165, 1.54) is 0 Å². The Morgan fingerprint density at radius 3 is 2.56 bits per heavy atom. The molecule has 0 unspecified atom stereocenters. The highest BCUT2D eigenvalue weighted by atomic mass is 16.2. The smallest absolute Gasteiger partial charge is 0.255 e. The Bertz CT molecular complexity index is 1060. The number of carbonyl (C=O) groups is 2. The van der Waals surface area contributed by atoms with E-state index in [4.69, 9.17) is 0 Å². The van der Waals surface area contributed by atoms with E-state index < -0.39 is 0 Å². The Kier molecular flexibility index (Phi) is 4.32. The van der Waals surface area contributed by atoms with Gasteiger partial charge in [-0.05, 0) is 56.7 Å². The number of aryl methyl sites for hydroxylation is 2. The fraction of sp³-hybridized carbons (Fsp3) is 0.238. The number of aromatic nitrogens is 2. The van der Waals surface area contributed by atoms with Gasteiger partial charge < -0.3 is 10.2 Å². The molecule has 0 radical (unpaired) electrons. The van der Waals surface area contributed by atoms with Crippen LogP contribution in [0.2, 0.25) is 0 Å². The van der Waals surface area contributed by atoms with E-state index in [0.29, 0.717) is 23.2 Å². The number of carbonyl (C=O) groups excluding carboxylic acids is 2. The van der Waals surface area contributed by atoms with E-state index in [2.05, 4.69) is 15.3 Å². The largest absolute Gasteiger partial charge is 0.322 e. The summed E-state index contributed by atoms with van der Waals surface area (Å²) in [5, 5.41) is 2.90. The molecule has 0 bridgehead atoms. The minimum absolute atomic E-state index is 0.122. The average Bonchev–Trinajstić information content (AvgIpc) is 3.08. The zero-order valence-corrected chi connectivity index (χ0v) is 15.3. The fourth-order valence-electron chi connectivity index (χ4n) is 3.25. The van der Waals surface area contributed by atoms with Crippen molar-refractivity contribution in [3.05, 3.63) is 59.4 Å². The van der Waals surface area contributed by atoms with Crippen LogP contribution in [0.5, 0.6) is 0 Å². The van der Waals surface area contributed by atoms with Crippen LogP contribution in [0.1, 0.15) is 34.6 Å². The molecule has 2 heterocycles. The maximum Gasteiger partial charge on any atom is 0.255 e. The molecule has 0 spiro atoms. The Morgan fingerprint density at radius 2 is 1.81 bits per heavy atom. The van der Waals surface area contributed by atoms with Gasteiger partial charge >= 0.3 is 0 Å². The van der Waals surface area contributed by atoms with Crippen LogP contribution in [0.4, 0.5) is 11.4 Å². The quantitative estimate of drug-likeness (QED) is 0.774. The third-order valence-electron chi connectivity index (χ3n) is 4.83. The van der Waals surface area contributed by atoms with Crippen molar-refractivity contribution in [1.82, 2.24) is 9.97 Å². The first-order valence-electron chi connectivity index (χ1n) is 8.98. The number of hydrogen-bond acceptors (Lipinski definition) is 4. The second-order valence-electron chi connectivity index (χ2n) is 6.75. The van der Waals surface area contributed by atoms with E-state index in [0.717, 1.165) is 35.6 Å². The summed E-state index contributed by atoms with van der Waals surface area (Å²) in [6.45, 7) is 4.54. The molecule has 0 atom stereocenters. The van der Waals surface area contributed by atoms with Gasteiger partial charge in [-0.25, -0.2) is 9.97 Å². The van der Waals surface area contributed by atoms with Crippen LogP contribution >= 0.6 is 0 Å². The summed E-state index contributed by atoms with van der Waals surface area (Å²) in [5.74, 6) is -0.0981. The molecular formula is C21H20N4O2. The lowest BCUT2D eigenvalue weighted by Crippen LogP contribution is -2.23. The number of nitrogens with zero attached hydrogens (tertiary/aromatic N) is 3. The van der Waals surface area contributed by atoms with Crippen molar-refractivity contribution in [3.8, 4) is 0 Å². The zero-order valence-electron chi connectivity index (χ0n) is 15.3. The highest BCUT2D eigenvalue weighted by Crippen LogP contribution is 2.24. The number of hydrogen-bond donors (Lipinski definition) is 1. The van der Waals surface area contributed by atoms with E-state index in [1.807, 2.05) is 44.2 Å². The van der Waals surface area contributed by atoms with Crippen LogP contribution in [0.25, 0.3) is 11.0 Å². The SMILES string of the molecule is Cc1nc2ccc(C(=O)Nc3cccc(N4CCCC4=O)c3)cc2nc1C. The molecule has 1 fully saturated rings. The number of benzene rings is 2. The molecule has 1 N–H and O–H groups in total. The lowest BCUT2D eigenvalue weighted by atomic mass is 10.1. The number of rotatable bonds is 3. The Hall–Kier alpha value is -3.28. The van der Waals surface area contributed by atoms with E-state index in [-0.39, 0.29) is 11.8 Å². The fourth-order valence-corrected chi connectivity index (χ4v) is 3.25. The van der Waals surface area contributed by atoms with Crippen molar-refractivity contribution in [2.45, 2.75) is 26.7 Å². The molecule has 1 aliphatic heterocycles. The number of amides is 2. The summed E-state index contributed by atoms with van der Waals surface area (Å²) in [6, 6.07) is 12.7. The highest BCUT2D eigenvalue weighted by molar-refractivity contribution is 6.06. The molecule has 2 aromatic carbocycles. The molecule has 1 aliphatic rings. The number of anilines is 2. The predicted molar refractivity (Wildman–Crippen MR) is 105 cm³/mol. The summed E-state index contributed by atoms with van der Waals surface area (Å²) >= 11 is 0. The van der Waals surface area contributed by atoms with Crippen molar-refractivity contribution in [2.24, 2.45) is 0 Å². The van der Waals surface area contributed by atoms with E-state index in [1.54, 1.807) is 17.0 Å². The zero-order chi connectivity index (χ0) is 19.0. The first-order chi connectivity index (χ1) is 13.0. The monoisotopic (exact) mass is 360 g/mol. The topological polar surface area (TPSA) is 75.2 Å². The summed E-state index contributed by atoms with van der Waals surface area (Å²) in [7, 11) is 0. The van der Waals surface area contributed by atoms with Gasteiger partial charge in [-0.15, -0.1) is 0 Å². The minimum atomic E-state index is -0.221. The molecule has 3 aromatic rings. The van der Waals surface area contributed by atoms with Crippen LogP contribution in [0, 0.1) is 13.8 Å². The second kappa shape index (κ2) is 6.79. The first-order valence-corrected chi connectivity index (χ1v) is 8.98. The molecule has 4 rings (SSSR count).